The van der Waals surface area contributed by atoms with Crippen LogP contribution >= 0.6 is 11.6 Å². The molecule has 7 heteroatoms. The van der Waals surface area contributed by atoms with Crippen LogP contribution in [-0.2, 0) is 11.0 Å². The molecule has 116 valence electrons. The Bertz CT molecular complexity index is 513. The molecule has 0 bridgehead atoms. The van der Waals surface area contributed by atoms with E-state index in [-0.39, 0.29) is 23.3 Å². The molecule has 1 saturated carbocycles. The van der Waals surface area contributed by atoms with Crippen molar-refractivity contribution in [2.75, 3.05) is 11.9 Å². The van der Waals surface area contributed by atoms with Crippen LogP contribution in [0.1, 0.15) is 31.2 Å². The fourth-order valence-electron chi connectivity index (χ4n) is 2.44. The largest absolute Gasteiger partial charge is 0.418 e. The molecule has 2 N–H and O–H groups in total. The van der Waals surface area contributed by atoms with Crippen molar-refractivity contribution >= 4 is 23.2 Å². The highest BCUT2D eigenvalue weighted by Gasteiger charge is 2.34. The summed E-state index contributed by atoms with van der Waals surface area (Å²) in [6.45, 7) is -0.0206. The van der Waals surface area contributed by atoms with Crippen LogP contribution in [-0.4, -0.2) is 18.5 Å². The van der Waals surface area contributed by atoms with Crippen LogP contribution in [0.2, 0.25) is 5.02 Å². The molecule has 0 spiro atoms. The fourth-order valence-corrected chi connectivity index (χ4v) is 2.66. The number of nitrogens with one attached hydrogen (secondary N) is 2. The van der Waals surface area contributed by atoms with E-state index in [0.717, 1.165) is 31.7 Å². The van der Waals surface area contributed by atoms with Gasteiger partial charge in [-0.05, 0) is 25.0 Å². The van der Waals surface area contributed by atoms with Gasteiger partial charge in [0.25, 0.3) is 0 Å². The topological polar surface area (TPSA) is 41.1 Å². The quantitative estimate of drug-likeness (QED) is 0.885. The molecule has 1 aliphatic carbocycles. The number of halogens is 4. The minimum atomic E-state index is -4.56. The smallest absolute Gasteiger partial charge is 0.323 e. The van der Waals surface area contributed by atoms with Gasteiger partial charge in [0.2, 0.25) is 5.91 Å². The number of benzene rings is 1. The summed E-state index contributed by atoms with van der Waals surface area (Å²) in [5.41, 5.74) is -1.32. The SMILES string of the molecule is O=C(CNC1CCCC1)Nc1c(Cl)cccc1C(F)(F)F. The second-order valence-corrected chi connectivity index (χ2v) is 5.48. The summed E-state index contributed by atoms with van der Waals surface area (Å²) in [7, 11) is 0. The first-order valence-corrected chi connectivity index (χ1v) is 7.14. The first-order valence-electron chi connectivity index (χ1n) is 6.77. The Balaban J connectivity index is 2.02. The Kier molecular flexibility index (Phi) is 5.11. The number of hydrogen-bond donors (Lipinski definition) is 2. The van der Waals surface area contributed by atoms with Gasteiger partial charge in [0, 0.05) is 6.04 Å². The lowest BCUT2D eigenvalue weighted by atomic mass is 10.1. The van der Waals surface area contributed by atoms with Crippen LogP contribution in [0.25, 0.3) is 0 Å². The molecule has 0 radical (unpaired) electrons. The maximum atomic E-state index is 12.9. The van der Waals surface area contributed by atoms with Crippen molar-refractivity contribution < 1.29 is 18.0 Å². The zero-order chi connectivity index (χ0) is 15.5. The number of anilines is 1. The van der Waals surface area contributed by atoms with E-state index in [9.17, 15) is 18.0 Å². The predicted octanol–water partition coefficient (Wildman–Crippen LogP) is 3.83. The molecule has 1 aliphatic rings. The van der Waals surface area contributed by atoms with Gasteiger partial charge in [-0.15, -0.1) is 0 Å². The van der Waals surface area contributed by atoms with Crippen LogP contribution in [0.5, 0.6) is 0 Å². The normalized spacial score (nSPS) is 16.2. The molecule has 1 aromatic rings. The summed E-state index contributed by atoms with van der Waals surface area (Å²) in [6, 6.07) is 3.68. The summed E-state index contributed by atoms with van der Waals surface area (Å²) >= 11 is 5.77. The Morgan fingerprint density at radius 2 is 1.95 bits per heavy atom. The molecule has 2 rings (SSSR count). The van der Waals surface area contributed by atoms with Crippen molar-refractivity contribution in [2.45, 2.75) is 37.9 Å². The lowest BCUT2D eigenvalue weighted by Crippen LogP contribution is -2.34. The van der Waals surface area contributed by atoms with E-state index in [2.05, 4.69) is 10.6 Å². The molecule has 3 nitrogen and oxygen atoms in total. The monoisotopic (exact) mass is 320 g/mol. The van der Waals surface area contributed by atoms with E-state index >= 15 is 0 Å². The standard InChI is InChI=1S/C14H16ClF3N2O/c15-11-7-3-6-10(14(16,17)18)13(11)20-12(21)8-19-9-4-1-2-5-9/h3,6-7,9,19H,1-2,4-5,8H2,(H,20,21). The van der Waals surface area contributed by atoms with Gasteiger partial charge in [0.05, 0.1) is 22.8 Å². The predicted molar refractivity (Wildman–Crippen MR) is 75.3 cm³/mol. The molecule has 0 atom stereocenters. The Hall–Kier alpha value is -1.27. The van der Waals surface area contributed by atoms with E-state index in [4.69, 9.17) is 11.6 Å². The molecule has 0 heterocycles. The number of carbonyl (C=O) groups is 1. The van der Waals surface area contributed by atoms with Gasteiger partial charge < -0.3 is 10.6 Å². The first kappa shape index (κ1) is 16.1. The molecule has 1 amide bonds. The van der Waals surface area contributed by atoms with Gasteiger partial charge >= 0.3 is 6.18 Å². The molecule has 0 saturated heterocycles. The van der Waals surface area contributed by atoms with E-state index in [0.29, 0.717) is 0 Å². The zero-order valence-electron chi connectivity index (χ0n) is 11.3. The van der Waals surface area contributed by atoms with E-state index in [1.165, 1.54) is 12.1 Å². The van der Waals surface area contributed by atoms with Crippen molar-refractivity contribution in [1.29, 1.82) is 0 Å². The summed E-state index contributed by atoms with van der Waals surface area (Å²) in [6.07, 6.45) is -0.350. The van der Waals surface area contributed by atoms with Gasteiger partial charge in [-0.2, -0.15) is 13.2 Å². The second kappa shape index (κ2) is 6.66. The number of hydrogen-bond acceptors (Lipinski definition) is 2. The highest BCUT2D eigenvalue weighted by atomic mass is 35.5. The van der Waals surface area contributed by atoms with E-state index in [1.807, 2.05) is 0 Å². The fraction of sp³-hybridized carbons (Fsp3) is 0.500. The average Bonchev–Trinajstić information content (AvgIpc) is 2.90. The number of rotatable bonds is 4. The number of para-hydroxylation sites is 1. The van der Waals surface area contributed by atoms with Crippen LogP contribution in [0.3, 0.4) is 0 Å². The number of amides is 1. The average molecular weight is 321 g/mol. The Morgan fingerprint density at radius 3 is 2.57 bits per heavy atom. The highest BCUT2D eigenvalue weighted by Crippen LogP contribution is 2.38. The van der Waals surface area contributed by atoms with Gasteiger partial charge in [-0.25, -0.2) is 0 Å². The van der Waals surface area contributed by atoms with Gasteiger partial charge in [-0.1, -0.05) is 30.5 Å². The molecule has 21 heavy (non-hydrogen) atoms. The minimum absolute atomic E-state index is 0.0206. The Labute approximate surface area is 125 Å². The van der Waals surface area contributed by atoms with Crippen LogP contribution in [0.15, 0.2) is 18.2 Å². The van der Waals surface area contributed by atoms with Crippen LogP contribution in [0, 0.1) is 0 Å². The van der Waals surface area contributed by atoms with Crippen LogP contribution < -0.4 is 10.6 Å². The molecule has 0 unspecified atom stereocenters. The van der Waals surface area contributed by atoms with Crippen molar-refractivity contribution in [1.82, 2.24) is 5.32 Å². The maximum absolute atomic E-state index is 12.9. The molecular weight excluding hydrogens is 305 g/mol. The summed E-state index contributed by atoms with van der Waals surface area (Å²) in [5, 5.41) is 5.17. The second-order valence-electron chi connectivity index (χ2n) is 5.07. The van der Waals surface area contributed by atoms with Gasteiger partial charge in [-0.3, -0.25) is 4.79 Å². The summed E-state index contributed by atoms with van der Waals surface area (Å²) < 4.78 is 38.7. The van der Waals surface area contributed by atoms with E-state index < -0.39 is 17.6 Å². The van der Waals surface area contributed by atoms with Crippen molar-refractivity contribution in [3.63, 3.8) is 0 Å². The minimum Gasteiger partial charge on any atom is -0.323 e. The van der Waals surface area contributed by atoms with Crippen molar-refractivity contribution in [3.05, 3.63) is 28.8 Å². The molecule has 1 fully saturated rings. The summed E-state index contributed by atoms with van der Waals surface area (Å²) in [4.78, 5) is 11.8. The molecule has 0 aromatic heterocycles. The molecular formula is C14H16ClF3N2O. The lowest BCUT2D eigenvalue weighted by molar-refractivity contribution is -0.137. The number of carbonyl (C=O) groups excluding carboxylic acids is 1. The molecule has 0 aliphatic heterocycles. The summed E-state index contributed by atoms with van der Waals surface area (Å²) in [5.74, 6) is -0.527. The van der Waals surface area contributed by atoms with Crippen LogP contribution in [0.4, 0.5) is 18.9 Å². The lowest BCUT2D eigenvalue weighted by Gasteiger charge is -2.16. The van der Waals surface area contributed by atoms with Crippen molar-refractivity contribution in [3.8, 4) is 0 Å². The highest BCUT2D eigenvalue weighted by molar-refractivity contribution is 6.34. The van der Waals surface area contributed by atoms with Gasteiger partial charge in [0.1, 0.15) is 0 Å². The zero-order valence-corrected chi connectivity index (χ0v) is 12.0. The third kappa shape index (κ3) is 4.35. The Morgan fingerprint density at radius 1 is 1.29 bits per heavy atom. The number of alkyl halides is 3. The van der Waals surface area contributed by atoms with Crippen molar-refractivity contribution in [2.24, 2.45) is 0 Å². The van der Waals surface area contributed by atoms with Gasteiger partial charge in [0.15, 0.2) is 0 Å². The third-order valence-corrected chi connectivity index (χ3v) is 3.80. The molecule has 1 aromatic carbocycles. The first-order chi connectivity index (χ1) is 9.88. The van der Waals surface area contributed by atoms with E-state index in [1.54, 1.807) is 0 Å². The maximum Gasteiger partial charge on any atom is 0.418 e. The third-order valence-electron chi connectivity index (χ3n) is 3.49.